The third-order valence-corrected chi connectivity index (χ3v) is 4.18. The lowest BCUT2D eigenvalue weighted by atomic mass is 10.0. The lowest BCUT2D eigenvalue weighted by Crippen LogP contribution is -2.48. The molecule has 22 heavy (non-hydrogen) atoms. The maximum atomic E-state index is 12.3. The number of aromatic nitrogens is 3. The van der Waals surface area contributed by atoms with Gasteiger partial charge in [0.1, 0.15) is 5.82 Å². The number of carbonyl (C=O) groups excluding carboxylic acids is 1. The predicted octanol–water partition coefficient (Wildman–Crippen LogP) is 1.78. The van der Waals surface area contributed by atoms with Crippen LogP contribution in [-0.4, -0.2) is 33.3 Å². The molecule has 0 aliphatic carbocycles. The summed E-state index contributed by atoms with van der Waals surface area (Å²) in [5.74, 6) is 1.92. The third-order valence-electron chi connectivity index (χ3n) is 4.18. The zero-order chi connectivity index (χ0) is 13.9. The minimum absolute atomic E-state index is 0. The second-order valence-corrected chi connectivity index (χ2v) is 5.67. The molecule has 3 heterocycles. The van der Waals surface area contributed by atoms with Gasteiger partial charge in [-0.2, -0.15) is 5.10 Å². The first-order valence-electron chi connectivity index (χ1n) is 7.75. The van der Waals surface area contributed by atoms with Crippen LogP contribution in [0.5, 0.6) is 0 Å². The van der Waals surface area contributed by atoms with Crippen molar-refractivity contribution in [2.24, 2.45) is 0 Å². The molecule has 0 saturated carbocycles. The maximum absolute atomic E-state index is 12.3. The number of hydrogen-bond acceptors (Lipinski definition) is 4. The Labute approximate surface area is 143 Å². The topological polar surface area (TPSA) is 71.8 Å². The van der Waals surface area contributed by atoms with E-state index in [1.807, 2.05) is 4.68 Å². The average Bonchev–Trinajstić information content (AvgIpc) is 2.92. The van der Waals surface area contributed by atoms with E-state index in [0.29, 0.717) is 0 Å². The fraction of sp³-hybridized carbons (Fsp3) is 0.786. The van der Waals surface area contributed by atoms with E-state index in [9.17, 15) is 4.79 Å². The quantitative estimate of drug-likeness (QED) is 0.872. The van der Waals surface area contributed by atoms with Crippen LogP contribution >= 0.6 is 24.8 Å². The van der Waals surface area contributed by atoms with E-state index in [-0.39, 0.29) is 42.8 Å². The second-order valence-electron chi connectivity index (χ2n) is 5.67. The first-order chi connectivity index (χ1) is 9.78. The van der Waals surface area contributed by atoms with E-state index < -0.39 is 0 Å². The van der Waals surface area contributed by atoms with Crippen LogP contribution in [0.3, 0.4) is 0 Å². The standard InChI is InChI=1S/C14H23N5O.2ClH/c1-2-12-17-13-10(7-5-9-19(13)18-12)16-14(20)11-6-3-4-8-15-11;;/h10-11,15H,2-9H2,1H3,(H,16,20);2*1H. The first-order valence-corrected chi connectivity index (χ1v) is 7.75. The van der Waals surface area contributed by atoms with Gasteiger partial charge in [-0.05, 0) is 32.2 Å². The van der Waals surface area contributed by atoms with E-state index in [4.69, 9.17) is 0 Å². The van der Waals surface area contributed by atoms with Gasteiger partial charge in [-0.15, -0.1) is 24.8 Å². The van der Waals surface area contributed by atoms with Gasteiger partial charge in [-0.3, -0.25) is 4.79 Å². The normalized spacial score (nSPS) is 23.7. The summed E-state index contributed by atoms with van der Waals surface area (Å²) in [6.45, 7) is 3.91. The van der Waals surface area contributed by atoms with Crippen molar-refractivity contribution in [3.63, 3.8) is 0 Å². The minimum Gasteiger partial charge on any atom is -0.345 e. The largest absolute Gasteiger partial charge is 0.345 e. The van der Waals surface area contributed by atoms with E-state index in [0.717, 1.165) is 56.8 Å². The van der Waals surface area contributed by atoms with Crippen molar-refractivity contribution in [2.75, 3.05) is 6.54 Å². The Bertz CT molecular complexity index is 488. The molecule has 2 aliphatic heterocycles. The summed E-state index contributed by atoms with van der Waals surface area (Å²) >= 11 is 0. The van der Waals surface area contributed by atoms with Crippen LogP contribution in [-0.2, 0) is 17.8 Å². The molecule has 1 aromatic heterocycles. The van der Waals surface area contributed by atoms with Crippen LogP contribution in [0.25, 0.3) is 0 Å². The molecule has 126 valence electrons. The number of hydrogen-bond donors (Lipinski definition) is 2. The molecular weight excluding hydrogens is 325 g/mol. The molecule has 0 radical (unpaired) electrons. The Balaban J connectivity index is 0.00000121. The highest BCUT2D eigenvalue weighted by Crippen LogP contribution is 2.23. The summed E-state index contributed by atoms with van der Waals surface area (Å²) in [6.07, 6.45) is 6.08. The van der Waals surface area contributed by atoms with Crippen molar-refractivity contribution in [1.29, 1.82) is 0 Å². The number of halogens is 2. The molecule has 2 atom stereocenters. The Morgan fingerprint density at radius 3 is 2.82 bits per heavy atom. The lowest BCUT2D eigenvalue weighted by Gasteiger charge is -2.27. The number of rotatable bonds is 3. The van der Waals surface area contributed by atoms with Crippen molar-refractivity contribution in [1.82, 2.24) is 25.4 Å². The highest BCUT2D eigenvalue weighted by molar-refractivity contribution is 5.85. The number of aryl methyl sites for hydroxylation is 2. The van der Waals surface area contributed by atoms with Gasteiger partial charge in [0.2, 0.25) is 5.91 Å². The minimum atomic E-state index is -0.0345. The second kappa shape index (κ2) is 8.70. The molecular formula is C14H25Cl2N5O. The van der Waals surface area contributed by atoms with Gasteiger partial charge < -0.3 is 10.6 Å². The van der Waals surface area contributed by atoms with Gasteiger partial charge in [0.15, 0.2) is 5.82 Å². The van der Waals surface area contributed by atoms with Gasteiger partial charge in [0.05, 0.1) is 12.1 Å². The lowest BCUT2D eigenvalue weighted by molar-refractivity contribution is -0.124. The molecule has 2 unspecified atom stereocenters. The van der Waals surface area contributed by atoms with E-state index in [1.54, 1.807) is 0 Å². The van der Waals surface area contributed by atoms with E-state index in [2.05, 4.69) is 27.6 Å². The molecule has 6 nitrogen and oxygen atoms in total. The molecule has 0 bridgehead atoms. The van der Waals surface area contributed by atoms with E-state index >= 15 is 0 Å². The van der Waals surface area contributed by atoms with Gasteiger partial charge in [-0.1, -0.05) is 13.3 Å². The van der Waals surface area contributed by atoms with Crippen LogP contribution in [0.1, 0.15) is 56.7 Å². The summed E-state index contributed by atoms with van der Waals surface area (Å²) in [4.78, 5) is 16.9. The fourth-order valence-electron chi connectivity index (χ4n) is 3.03. The zero-order valence-electron chi connectivity index (χ0n) is 12.9. The third kappa shape index (κ3) is 4.12. The molecule has 1 aromatic rings. The van der Waals surface area contributed by atoms with Crippen LogP contribution in [0.15, 0.2) is 0 Å². The first kappa shape index (κ1) is 19.2. The number of carbonyl (C=O) groups is 1. The van der Waals surface area contributed by atoms with Gasteiger partial charge in [-0.25, -0.2) is 9.67 Å². The number of amides is 1. The van der Waals surface area contributed by atoms with Crippen molar-refractivity contribution in [3.8, 4) is 0 Å². The smallest absolute Gasteiger partial charge is 0.237 e. The predicted molar refractivity (Wildman–Crippen MR) is 89.7 cm³/mol. The average molecular weight is 350 g/mol. The summed E-state index contributed by atoms with van der Waals surface area (Å²) in [5.41, 5.74) is 0. The van der Waals surface area contributed by atoms with Crippen molar-refractivity contribution < 1.29 is 4.79 Å². The van der Waals surface area contributed by atoms with Crippen LogP contribution in [0.2, 0.25) is 0 Å². The molecule has 1 amide bonds. The highest BCUT2D eigenvalue weighted by Gasteiger charge is 2.28. The number of nitrogens with one attached hydrogen (secondary N) is 2. The SMILES string of the molecule is CCc1nc2n(n1)CCCC2NC(=O)C1CCCCN1.Cl.Cl. The summed E-state index contributed by atoms with van der Waals surface area (Å²) in [7, 11) is 0. The molecule has 2 N–H and O–H groups in total. The highest BCUT2D eigenvalue weighted by atomic mass is 35.5. The van der Waals surface area contributed by atoms with Crippen molar-refractivity contribution >= 4 is 30.7 Å². The Kier molecular flexibility index (Phi) is 7.59. The summed E-state index contributed by atoms with van der Waals surface area (Å²) in [6, 6.07) is -0.0135. The Hall–Kier alpha value is -0.850. The van der Waals surface area contributed by atoms with Gasteiger partial charge in [0.25, 0.3) is 0 Å². The maximum Gasteiger partial charge on any atom is 0.237 e. The molecule has 3 rings (SSSR count). The molecule has 8 heteroatoms. The van der Waals surface area contributed by atoms with Crippen LogP contribution in [0.4, 0.5) is 0 Å². The van der Waals surface area contributed by atoms with Crippen LogP contribution < -0.4 is 10.6 Å². The zero-order valence-corrected chi connectivity index (χ0v) is 14.5. The fourth-order valence-corrected chi connectivity index (χ4v) is 3.03. The molecule has 0 spiro atoms. The Morgan fingerprint density at radius 1 is 1.32 bits per heavy atom. The number of nitrogens with zero attached hydrogens (tertiary/aromatic N) is 3. The van der Waals surface area contributed by atoms with Crippen molar-refractivity contribution in [2.45, 2.75) is 64.1 Å². The Morgan fingerprint density at radius 2 is 2.14 bits per heavy atom. The summed E-state index contributed by atoms with van der Waals surface area (Å²) in [5, 5.41) is 10.9. The van der Waals surface area contributed by atoms with Crippen LogP contribution in [0, 0.1) is 0 Å². The number of fused-ring (bicyclic) bond motifs is 1. The molecule has 1 fully saturated rings. The van der Waals surface area contributed by atoms with E-state index in [1.165, 1.54) is 6.42 Å². The molecule has 1 saturated heterocycles. The van der Waals surface area contributed by atoms with Crippen molar-refractivity contribution in [3.05, 3.63) is 11.6 Å². The molecule has 0 aromatic carbocycles. The summed E-state index contributed by atoms with van der Waals surface area (Å²) < 4.78 is 1.96. The van der Waals surface area contributed by atoms with Gasteiger partial charge in [0, 0.05) is 13.0 Å². The number of piperidine rings is 1. The molecule has 2 aliphatic rings. The van der Waals surface area contributed by atoms with Gasteiger partial charge >= 0.3 is 0 Å². The monoisotopic (exact) mass is 349 g/mol.